The molecule has 0 aliphatic heterocycles. The van der Waals surface area contributed by atoms with Crippen molar-refractivity contribution in [3.8, 4) is 0 Å². The molecule has 0 saturated carbocycles. The number of hydrogen-bond donors (Lipinski definition) is 0. The predicted molar refractivity (Wildman–Crippen MR) is 72.9 cm³/mol. The van der Waals surface area contributed by atoms with E-state index in [0.29, 0.717) is 0 Å². The zero-order chi connectivity index (χ0) is 11.8. The third-order valence-corrected chi connectivity index (χ3v) is 3.41. The van der Waals surface area contributed by atoms with E-state index in [9.17, 15) is 0 Å². The van der Waals surface area contributed by atoms with E-state index in [-0.39, 0.29) is 5.38 Å². The molecule has 1 aromatic carbocycles. The van der Waals surface area contributed by atoms with Crippen LogP contribution in [0.25, 0.3) is 0 Å². The van der Waals surface area contributed by atoms with Crippen LogP contribution >= 0.6 is 11.6 Å². The number of alkyl halides is 1. The van der Waals surface area contributed by atoms with Crippen molar-refractivity contribution >= 4 is 11.6 Å². The Kier molecular flexibility index (Phi) is 6.56. The van der Waals surface area contributed by atoms with Crippen molar-refractivity contribution < 1.29 is 0 Å². The third-order valence-electron chi connectivity index (χ3n) is 2.95. The maximum Gasteiger partial charge on any atom is 0.0587 e. The molecule has 0 amide bonds. The molecule has 1 radical (unpaired) electrons. The molecule has 1 heteroatoms. The predicted octanol–water partition coefficient (Wildman–Crippen LogP) is 5.51. The largest absolute Gasteiger partial charge is 0.118 e. The molecule has 0 aliphatic carbocycles. The van der Waals surface area contributed by atoms with Crippen LogP contribution < -0.4 is 0 Å². The van der Waals surface area contributed by atoms with E-state index in [1.807, 2.05) is 18.2 Å². The van der Waals surface area contributed by atoms with Gasteiger partial charge < -0.3 is 0 Å². The SMILES string of the molecule is [CH2]c1ccccc1C(Cl)CCCCCCC. The minimum Gasteiger partial charge on any atom is -0.118 e. The van der Waals surface area contributed by atoms with Gasteiger partial charge in [-0.2, -0.15) is 0 Å². The quantitative estimate of drug-likeness (QED) is 0.433. The van der Waals surface area contributed by atoms with Gasteiger partial charge in [0.25, 0.3) is 0 Å². The second-order valence-electron chi connectivity index (χ2n) is 4.37. The first-order valence-electron chi connectivity index (χ1n) is 6.30. The van der Waals surface area contributed by atoms with E-state index >= 15 is 0 Å². The molecule has 0 bridgehead atoms. The van der Waals surface area contributed by atoms with Crippen molar-refractivity contribution in [3.05, 3.63) is 42.3 Å². The van der Waals surface area contributed by atoms with Crippen LogP contribution in [0.2, 0.25) is 0 Å². The molecule has 0 N–H and O–H groups in total. The molecule has 0 heterocycles. The molecular weight excluding hydrogens is 216 g/mol. The lowest BCUT2D eigenvalue weighted by atomic mass is 10.0. The zero-order valence-electron chi connectivity index (χ0n) is 10.2. The highest BCUT2D eigenvalue weighted by molar-refractivity contribution is 6.20. The first-order chi connectivity index (χ1) is 7.75. The summed E-state index contributed by atoms with van der Waals surface area (Å²) >= 11 is 6.38. The molecule has 0 saturated heterocycles. The van der Waals surface area contributed by atoms with Crippen molar-refractivity contribution in [2.75, 3.05) is 0 Å². The van der Waals surface area contributed by atoms with Crippen LogP contribution in [0, 0.1) is 6.92 Å². The number of unbranched alkanes of at least 4 members (excludes halogenated alkanes) is 4. The fourth-order valence-corrected chi connectivity index (χ4v) is 2.29. The first kappa shape index (κ1) is 13.6. The van der Waals surface area contributed by atoms with Crippen molar-refractivity contribution in [1.29, 1.82) is 0 Å². The summed E-state index contributed by atoms with van der Waals surface area (Å²) in [7, 11) is 0. The minimum absolute atomic E-state index is 0.135. The van der Waals surface area contributed by atoms with Gasteiger partial charge in [0.2, 0.25) is 0 Å². The molecule has 0 nitrogen and oxygen atoms in total. The summed E-state index contributed by atoms with van der Waals surface area (Å²) in [5, 5.41) is 0.135. The van der Waals surface area contributed by atoms with E-state index < -0.39 is 0 Å². The van der Waals surface area contributed by atoms with Crippen molar-refractivity contribution in [3.63, 3.8) is 0 Å². The van der Waals surface area contributed by atoms with E-state index in [1.165, 1.54) is 37.7 Å². The van der Waals surface area contributed by atoms with Gasteiger partial charge in [0, 0.05) is 0 Å². The summed E-state index contributed by atoms with van der Waals surface area (Å²) in [6, 6.07) is 8.17. The summed E-state index contributed by atoms with van der Waals surface area (Å²) in [5.74, 6) is 0. The van der Waals surface area contributed by atoms with E-state index in [1.54, 1.807) is 0 Å². The van der Waals surface area contributed by atoms with E-state index in [2.05, 4.69) is 19.9 Å². The highest BCUT2D eigenvalue weighted by Gasteiger charge is 2.09. The van der Waals surface area contributed by atoms with Gasteiger partial charge in [0.05, 0.1) is 5.38 Å². The van der Waals surface area contributed by atoms with Gasteiger partial charge in [0.15, 0.2) is 0 Å². The Bertz CT molecular complexity index is 293. The summed E-state index contributed by atoms with van der Waals surface area (Å²) in [6.45, 7) is 6.25. The second kappa shape index (κ2) is 7.73. The number of rotatable bonds is 7. The van der Waals surface area contributed by atoms with Crippen LogP contribution in [0.15, 0.2) is 24.3 Å². The molecule has 1 unspecified atom stereocenters. The molecule has 0 aliphatic rings. The third kappa shape index (κ3) is 4.57. The molecule has 1 rings (SSSR count). The van der Waals surface area contributed by atoms with Crippen LogP contribution in [0.3, 0.4) is 0 Å². The summed E-state index contributed by atoms with van der Waals surface area (Å²) in [5.41, 5.74) is 2.26. The highest BCUT2D eigenvalue weighted by Crippen LogP contribution is 2.28. The van der Waals surface area contributed by atoms with Gasteiger partial charge >= 0.3 is 0 Å². The fourth-order valence-electron chi connectivity index (χ4n) is 1.92. The van der Waals surface area contributed by atoms with E-state index in [0.717, 1.165) is 12.0 Å². The lowest BCUT2D eigenvalue weighted by Crippen LogP contribution is -1.94. The van der Waals surface area contributed by atoms with Crippen LogP contribution in [0.1, 0.15) is 62.0 Å². The monoisotopic (exact) mass is 237 g/mol. The highest BCUT2D eigenvalue weighted by atomic mass is 35.5. The van der Waals surface area contributed by atoms with Gasteiger partial charge in [-0.05, 0) is 24.5 Å². The molecule has 1 atom stereocenters. The molecule has 1 aromatic rings. The van der Waals surface area contributed by atoms with E-state index in [4.69, 9.17) is 11.6 Å². The maximum absolute atomic E-state index is 6.38. The van der Waals surface area contributed by atoms with Crippen LogP contribution in [-0.2, 0) is 0 Å². The summed E-state index contributed by atoms with van der Waals surface area (Å²) in [6.07, 6.45) is 7.58. The maximum atomic E-state index is 6.38. The van der Waals surface area contributed by atoms with Crippen LogP contribution in [0.4, 0.5) is 0 Å². The smallest absolute Gasteiger partial charge is 0.0587 e. The molecular formula is C15H22Cl. The average molecular weight is 238 g/mol. The molecule has 89 valence electrons. The number of hydrogen-bond acceptors (Lipinski definition) is 0. The topological polar surface area (TPSA) is 0 Å². The minimum atomic E-state index is 0.135. The number of benzene rings is 1. The standard InChI is InChI=1S/C15H22Cl/c1-3-4-5-6-7-12-15(16)14-11-9-8-10-13(14)2/h8-11,15H,2-7,12H2,1H3. The van der Waals surface area contributed by atoms with Crippen LogP contribution in [0.5, 0.6) is 0 Å². The Balaban J connectivity index is 2.30. The Morgan fingerprint density at radius 3 is 2.50 bits per heavy atom. The second-order valence-corrected chi connectivity index (χ2v) is 4.90. The Hall–Kier alpha value is -0.490. The molecule has 0 aromatic heterocycles. The Morgan fingerprint density at radius 2 is 1.81 bits per heavy atom. The van der Waals surface area contributed by atoms with Gasteiger partial charge in [0.1, 0.15) is 0 Å². The zero-order valence-corrected chi connectivity index (χ0v) is 11.0. The van der Waals surface area contributed by atoms with Gasteiger partial charge in [-0.15, -0.1) is 11.6 Å². The lowest BCUT2D eigenvalue weighted by molar-refractivity contribution is 0.601. The van der Waals surface area contributed by atoms with Crippen LogP contribution in [-0.4, -0.2) is 0 Å². The van der Waals surface area contributed by atoms with Crippen molar-refractivity contribution in [2.24, 2.45) is 0 Å². The fraction of sp³-hybridized carbons (Fsp3) is 0.533. The molecule has 0 fully saturated rings. The van der Waals surface area contributed by atoms with Crippen molar-refractivity contribution in [1.82, 2.24) is 0 Å². The lowest BCUT2D eigenvalue weighted by Gasteiger charge is -2.12. The summed E-state index contributed by atoms with van der Waals surface area (Å²) < 4.78 is 0. The number of halogens is 1. The Morgan fingerprint density at radius 1 is 1.12 bits per heavy atom. The normalized spacial score (nSPS) is 12.7. The summed E-state index contributed by atoms with van der Waals surface area (Å²) in [4.78, 5) is 0. The van der Waals surface area contributed by atoms with Crippen molar-refractivity contribution in [2.45, 2.75) is 50.8 Å². The first-order valence-corrected chi connectivity index (χ1v) is 6.74. The average Bonchev–Trinajstić information content (AvgIpc) is 2.29. The molecule has 0 spiro atoms. The van der Waals surface area contributed by atoms with Gasteiger partial charge in [-0.1, -0.05) is 63.3 Å². The van der Waals surface area contributed by atoms with Gasteiger partial charge in [-0.25, -0.2) is 0 Å². The van der Waals surface area contributed by atoms with Gasteiger partial charge in [-0.3, -0.25) is 0 Å². The Labute approximate surface area is 105 Å². The molecule has 16 heavy (non-hydrogen) atoms.